The quantitative estimate of drug-likeness (QED) is 0.830. The van der Waals surface area contributed by atoms with E-state index in [0.29, 0.717) is 11.1 Å². The summed E-state index contributed by atoms with van der Waals surface area (Å²) in [6.07, 6.45) is -1.03. The molecule has 0 aromatic heterocycles. The van der Waals surface area contributed by atoms with Gasteiger partial charge in [0.15, 0.2) is 0 Å². The molecule has 0 unspecified atom stereocenters. The lowest BCUT2D eigenvalue weighted by Crippen LogP contribution is -2.26. The molecule has 4 heteroatoms. The second-order valence-electron chi connectivity index (χ2n) is 3.25. The molecule has 1 N–H and O–H groups in total. The summed E-state index contributed by atoms with van der Waals surface area (Å²) in [6.45, 7) is 3.88. The lowest BCUT2D eigenvalue weighted by atomic mass is 10.1. The van der Waals surface area contributed by atoms with Gasteiger partial charge in [-0.25, -0.2) is 9.18 Å². The average Bonchev–Trinajstić information content (AvgIpc) is 2.17. The molecule has 0 aliphatic rings. The smallest absolute Gasteiger partial charge is 0.407 e. The van der Waals surface area contributed by atoms with Crippen molar-refractivity contribution in [3.63, 3.8) is 0 Å². The molecule has 80 valence electrons. The molecule has 0 saturated heterocycles. The van der Waals surface area contributed by atoms with Crippen molar-refractivity contribution >= 4 is 11.7 Å². The number of rotatable bonds is 3. The normalized spacial score (nSPS) is 9.73. The molecule has 15 heavy (non-hydrogen) atoms. The second-order valence-corrected chi connectivity index (χ2v) is 3.25. The van der Waals surface area contributed by atoms with Crippen LogP contribution >= 0.6 is 0 Å². The molecular weight excluding hydrogens is 197 g/mol. The molecule has 0 bridgehead atoms. The molecule has 0 atom stereocenters. The summed E-state index contributed by atoms with van der Waals surface area (Å²) in [5, 5.41) is 8.64. The van der Waals surface area contributed by atoms with Gasteiger partial charge in [0.1, 0.15) is 5.82 Å². The summed E-state index contributed by atoms with van der Waals surface area (Å²) in [5.74, 6) is -0.355. The number of halogens is 1. The summed E-state index contributed by atoms with van der Waals surface area (Å²) >= 11 is 0. The maximum absolute atomic E-state index is 12.9. The van der Waals surface area contributed by atoms with Crippen LogP contribution < -0.4 is 0 Å². The molecule has 0 heterocycles. The van der Waals surface area contributed by atoms with Gasteiger partial charge in [0.25, 0.3) is 0 Å². The van der Waals surface area contributed by atoms with Crippen LogP contribution in [-0.4, -0.2) is 29.7 Å². The van der Waals surface area contributed by atoms with Gasteiger partial charge >= 0.3 is 6.09 Å². The average molecular weight is 209 g/mol. The second kappa shape index (κ2) is 4.59. The number of hydrogen-bond donors (Lipinski definition) is 1. The van der Waals surface area contributed by atoms with E-state index in [1.807, 2.05) is 0 Å². The monoisotopic (exact) mass is 209 g/mol. The van der Waals surface area contributed by atoms with E-state index in [9.17, 15) is 9.18 Å². The topological polar surface area (TPSA) is 40.5 Å². The van der Waals surface area contributed by atoms with E-state index < -0.39 is 6.09 Å². The predicted octanol–water partition coefficient (Wildman–Crippen LogP) is 2.45. The van der Waals surface area contributed by atoms with E-state index in [-0.39, 0.29) is 12.4 Å². The van der Waals surface area contributed by atoms with Crippen molar-refractivity contribution in [1.29, 1.82) is 0 Å². The van der Waals surface area contributed by atoms with E-state index >= 15 is 0 Å². The van der Waals surface area contributed by atoms with Crippen molar-refractivity contribution in [2.75, 3.05) is 13.6 Å². The Morgan fingerprint density at radius 3 is 2.80 bits per heavy atom. The Labute approximate surface area is 87.4 Å². The van der Waals surface area contributed by atoms with Crippen molar-refractivity contribution in [2.45, 2.75) is 0 Å². The molecule has 3 nitrogen and oxygen atoms in total. The number of nitrogens with zero attached hydrogens (tertiary/aromatic N) is 1. The van der Waals surface area contributed by atoms with Crippen molar-refractivity contribution in [3.8, 4) is 0 Å². The third kappa shape index (κ3) is 3.09. The first kappa shape index (κ1) is 11.2. The Morgan fingerprint density at radius 2 is 2.27 bits per heavy atom. The molecule has 1 amide bonds. The van der Waals surface area contributed by atoms with Crippen LogP contribution in [-0.2, 0) is 0 Å². The first-order valence-corrected chi connectivity index (χ1v) is 4.38. The van der Waals surface area contributed by atoms with Gasteiger partial charge < -0.3 is 10.0 Å². The predicted molar refractivity (Wildman–Crippen MR) is 56.1 cm³/mol. The fourth-order valence-corrected chi connectivity index (χ4v) is 1.15. The lowest BCUT2D eigenvalue weighted by molar-refractivity contribution is 0.161. The zero-order valence-corrected chi connectivity index (χ0v) is 8.40. The minimum atomic E-state index is -1.03. The number of benzene rings is 1. The molecule has 1 aromatic carbocycles. The van der Waals surface area contributed by atoms with Crippen molar-refractivity contribution in [2.24, 2.45) is 0 Å². The summed E-state index contributed by atoms with van der Waals surface area (Å²) in [6, 6.07) is 5.92. The van der Waals surface area contributed by atoms with Crippen LogP contribution in [0.1, 0.15) is 5.56 Å². The maximum Gasteiger partial charge on any atom is 0.407 e. The Morgan fingerprint density at radius 1 is 1.60 bits per heavy atom. The molecule has 0 aliphatic carbocycles. The van der Waals surface area contributed by atoms with E-state index in [4.69, 9.17) is 5.11 Å². The molecule has 0 spiro atoms. The first-order chi connectivity index (χ1) is 7.00. The zero-order chi connectivity index (χ0) is 11.4. The van der Waals surface area contributed by atoms with Crippen LogP contribution in [0.5, 0.6) is 0 Å². The Bertz CT molecular complexity index is 390. The highest BCUT2D eigenvalue weighted by atomic mass is 19.1. The van der Waals surface area contributed by atoms with Crippen molar-refractivity contribution in [3.05, 3.63) is 42.2 Å². The van der Waals surface area contributed by atoms with E-state index in [2.05, 4.69) is 6.58 Å². The molecular formula is C11H12FNO2. The van der Waals surface area contributed by atoms with Gasteiger partial charge in [-0.1, -0.05) is 18.7 Å². The lowest BCUT2D eigenvalue weighted by Gasteiger charge is -2.14. The van der Waals surface area contributed by atoms with Crippen molar-refractivity contribution in [1.82, 2.24) is 4.90 Å². The van der Waals surface area contributed by atoms with E-state index in [1.54, 1.807) is 12.1 Å². The minimum absolute atomic E-state index is 0.165. The molecule has 0 radical (unpaired) electrons. The first-order valence-electron chi connectivity index (χ1n) is 4.38. The van der Waals surface area contributed by atoms with Gasteiger partial charge in [-0.15, -0.1) is 0 Å². The highest BCUT2D eigenvalue weighted by Gasteiger charge is 2.08. The van der Waals surface area contributed by atoms with Gasteiger partial charge in [-0.3, -0.25) is 0 Å². The van der Waals surface area contributed by atoms with Crippen LogP contribution in [0.2, 0.25) is 0 Å². The summed E-state index contributed by atoms with van der Waals surface area (Å²) in [5.41, 5.74) is 1.18. The molecule has 0 saturated carbocycles. The van der Waals surface area contributed by atoms with Gasteiger partial charge in [0.05, 0.1) is 0 Å². The number of carbonyl (C=O) groups is 1. The van der Waals surface area contributed by atoms with Crippen LogP contribution in [0.4, 0.5) is 9.18 Å². The molecule has 1 aromatic rings. The van der Waals surface area contributed by atoms with Crippen LogP contribution in [0.3, 0.4) is 0 Å². The SMILES string of the molecule is C=C(CN(C)C(=O)O)c1cccc(F)c1. The molecule has 0 aliphatic heterocycles. The number of carboxylic acid groups (broad SMARTS) is 1. The standard InChI is InChI=1S/C11H12FNO2/c1-8(7-13(2)11(14)15)9-4-3-5-10(12)6-9/h3-6H,1,7H2,2H3,(H,14,15). The molecule has 1 rings (SSSR count). The third-order valence-electron chi connectivity index (χ3n) is 1.99. The maximum atomic E-state index is 12.9. The van der Waals surface area contributed by atoms with E-state index in [1.165, 1.54) is 19.2 Å². The van der Waals surface area contributed by atoms with Gasteiger partial charge in [-0.05, 0) is 23.3 Å². The third-order valence-corrected chi connectivity index (χ3v) is 1.99. The van der Waals surface area contributed by atoms with E-state index in [0.717, 1.165) is 4.90 Å². The van der Waals surface area contributed by atoms with Crippen LogP contribution in [0, 0.1) is 5.82 Å². The molecule has 0 fully saturated rings. The largest absolute Gasteiger partial charge is 0.465 e. The summed E-state index contributed by atoms with van der Waals surface area (Å²) in [7, 11) is 1.44. The number of hydrogen-bond acceptors (Lipinski definition) is 1. The Hall–Kier alpha value is -1.84. The highest BCUT2D eigenvalue weighted by molar-refractivity contribution is 5.71. The highest BCUT2D eigenvalue weighted by Crippen LogP contribution is 2.14. The van der Waals surface area contributed by atoms with Gasteiger partial charge in [-0.2, -0.15) is 0 Å². The fraction of sp³-hybridized carbons (Fsp3) is 0.182. The Kier molecular flexibility index (Phi) is 3.44. The number of likely N-dealkylation sites (N-methyl/N-ethyl adjacent to an activating group) is 1. The van der Waals surface area contributed by atoms with Gasteiger partial charge in [0, 0.05) is 13.6 Å². The fourth-order valence-electron chi connectivity index (χ4n) is 1.15. The van der Waals surface area contributed by atoms with Crippen LogP contribution in [0.15, 0.2) is 30.8 Å². The Balaban J connectivity index is 2.73. The minimum Gasteiger partial charge on any atom is -0.465 e. The zero-order valence-electron chi connectivity index (χ0n) is 8.40. The summed E-state index contributed by atoms with van der Waals surface area (Å²) < 4.78 is 12.9. The van der Waals surface area contributed by atoms with Crippen LogP contribution in [0.25, 0.3) is 5.57 Å². The van der Waals surface area contributed by atoms with Crippen molar-refractivity contribution < 1.29 is 14.3 Å². The number of amides is 1. The summed E-state index contributed by atoms with van der Waals surface area (Å²) in [4.78, 5) is 11.6. The van der Waals surface area contributed by atoms with Gasteiger partial charge in [0.2, 0.25) is 0 Å².